The highest BCUT2D eigenvalue weighted by Crippen LogP contribution is 2.20. The molecule has 1 aromatic carbocycles. The maximum absolute atomic E-state index is 3.58. The Morgan fingerprint density at radius 1 is 1.11 bits per heavy atom. The lowest BCUT2D eigenvalue weighted by molar-refractivity contribution is 0.282. The van der Waals surface area contributed by atoms with Gasteiger partial charge in [0.1, 0.15) is 0 Å². The zero-order valence-electron chi connectivity index (χ0n) is 11.7. The lowest BCUT2D eigenvalue weighted by Crippen LogP contribution is -2.29. The highest BCUT2D eigenvalue weighted by Gasteiger charge is 2.11. The normalized spacial score (nSPS) is 12.9. The second kappa shape index (κ2) is 8.68. The van der Waals surface area contributed by atoms with Crippen molar-refractivity contribution in [2.75, 3.05) is 26.2 Å². The summed E-state index contributed by atoms with van der Waals surface area (Å²) in [5, 5.41) is 3.58. The summed E-state index contributed by atoms with van der Waals surface area (Å²) < 4.78 is 1.14. The van der Waals surface area contributed by atoms with Gasteiger partial charge in [0.05, 0.1) is 0 Å². The molecule has 102 valence electrons. The molecule has 0 bridgehead atoms. The van der Waals surface area contributed by atoms with Crippen molar-refractivity contribution in [1.29, 1.82) is 0 Å². The van der Waals surface area contributed by atoms with Crippen molar-refractivity contribution >= 4 is 15.9 Å². The molecule has 0 saturated carbocycles. The Balaban J connectivity index is 2.61. The van der Waals surface area contributed by atoms with Crippen LogP contribution < -0.4 is 5.32 Å². The van der Waals surface area contributed by atoms with Crippen LogP contribution in [0.25, 0.3) is 0 Å². The molecule has 0 aliphatic heterocycles. The third-order valence-electron chi connectivity index (χ3n) is 3.35. The smallest absolute Gasteiger partial charge is 0.0332 e. The van der Waals surface area contributed by atoms with Crippen LogP contribution >= 0.6 is 15.9 Å². The van der Waals surface area contributed by atoms with E-state index in [1.807, 2.05) is 0 Å². The van der Waals surface area contributed by atoms with Crippen LogP contribution in [0.3, 0.4) is 0 Å². The fourth-order valence-electron chi connectivity index (χ4n) is 2.18. The Morgan fingerprint density at radius 2 is 1.72 bits per heavy atom. The second-order valence-corrected chi connectivity index (χ2v) is 5.39. The first-order valence-electron chi connectivity index (χ1n) is 6.92. The fourth-order valence-corrected chi connectivity index (χ4v) is 2.44. The van der Waals surface area contributed by atoms with E-state index in [0.29, 0.717) is 6.04 Å². The topological polar surface area (TPSA) is 15.3 Å². The van der Waals surface area contributed by atoms with Gasteiger partial charge in [0, 0.05) is 10.5 Å². The second-order valence-electron chi connectivity index (χ2n) is 4.48. The van der Waals surface area contributed by atoms with Gasteiger partial charge in [-0.3, -0.25) is 0 Å². The maximum atomic E-state index is 3.58. The average molecular weight is 313 g/mol. The summed E-state index contributed by atoms with van der Waals surface area (Å²) >= 11 is 3.49. The average Bonchev–Trinajstić information content (AvgIpc) is 2.39. The fraction of sp³-hybridized carbons (Fsp3) is 0.600. The molecule has 1 atom stereocenters. The molecular weight excluding hydrogens is 288 g/mol. The van der Waals surface area contributed by atoms with Crippen molar-refractivity contribution in [2.45, 2.75) is 33.2 Å². The zero-order chi connectivity index (χ0) is 13.4. The molecule has 0 fully saturated rings. The zero-order valence-corrected chi connectivity index (χ0v) is 13.3. The lowest BCUT2D eigenvalue weighted by Gasteiger charge is -2.23. The Bertz CT molecular complexity index is 320. The number of nitrogens with zero attached hydrogens (tertiary/aromatic N) is 1. The van der Waals surface area contributed by atoms with Gasteiger partial charge in [-0.25, -0.2) is 0 Å². The minimum absolute atomic E-state index is 0.462. The molecule has 0 saturated heterocycles. The van der Waals surface area contributed by atoms with Crippen LogP contribution in [-0.4, -0.2) is 31.1 Å². The van der Waals surface area contributed by atoms with Crippen molar-refractivity contribution in [3.63, 3.8) is 0 Å². The molecule has 1 unspecified atom stereocenters. The van der Waals surface area contributed by atoms with E-state index in [9.17, 15) is 0 Å². The number of rotatable bonds is 8. The number of hydrogen-bond donors (Lipinski definition) is 1. The largest absolute Gasteiger partial charge is 0.310 e. The Hall–Kier alpha value is -0.380. The molecular formula is C15H25BrN2. The molecule has 1 rings (SSSR count). The number of hydrogen-bond acceptors (Lipinski definition) is 2. The van der Waals surface area contributed by atoms with Crippen LogP contribution in [0.5, 0.6) is 0 Å². The maximum Gasteiger partial charge on any atom is 0.0332 e. The van der Waals surface area contributed by atoms with Crippen LogP contribution in [0.2, 0.25) is 0 Å². The Morgan fingerprint density at radius 3 is 2.22 bits per heavy atom. The van der Waals surface area contributed by atoms with E-state index in [1.165, 1.54) is 5.56 Å². The first-order valence-corrected chi connectivity index (χ1v) is 7.71. The van der Waals surface area contributed by atoms with Gasteiger partial charge in [0.15, 0.2) is 0 Å². The van der Waals surface area contributed by atoms with Gasteiger partial charge in [0.25, 0.3) is 0 Å². The third-order valence-corrected chi connectivity index (χ3v) is 3.88. The van der Waals surface area contributed by atoms with Crippen LogP contribution in [0.1, 0.15) is 38.8 Å². The van der Waals surface area contributed by atoms with Crippen LogP contribution in [0.15, 0.2) is 28.7 Å². The molecule has 1 aromatic rings. The third kappa shape index (κ3) is 5.09. The van der Waals surface area contributed by atoms with Crippen LogP contribution in [0, 0.1) is 0 Å². The monoisotopic (exact) mass is 312 g/mol. The summed E-state index contributed by atoms with van der Waals surface area (Å²) in [4.78, 5) is 2.48. The lowest BCUT2D eigenvalue weighted by atomic mass is 10.0. The van der Waals surface area contributed by atoms with Gasteiger partial charge in [-0.2, -0.15) is 0 Å². The van der Waals surface area contributed by atoms with E-state index in [1.54, 1.807) is 0 Å². The van der Waals surface area contributed by atoms with Crippen molar-refractivity contribution in [2.24, 2.45) is 0 Å². The summed E-state index contributed by atoms with van der Waals surface area (Å²) in [6.45, 7) is 11.1. The molecule has 0 spiro atoms. The van der Waals surface area contributed by atoms with Crippen molar-refractivity contribution in [3.8, 4) is 0 Å². The number of benzene rings is 1. The van der Waals surface area contributed by atoms with E-state index in [2.05, 4.69) is 71.2 Å². The molecule has 0 aliphatic carbocycles. The summed E-state index contributed by atoms with van der Waals surface area (Å²) in [5.74, 6) is 0. The molecule has 0 radical (unpaired) electrons. The van der Waals surface area contributed by atoms with Gasteiger partial charge in [-0.15, -0.1) is 0 Å². The van der Waals surface area contributed by atoms with Crippen LogP contribution in [-0.2, 0) is 0 Å². The summed E-state index contributed by atoms with van der Waals surface area (Å²) in [5.41, 5.74) is 1.38. The van der Waals surface area contributed by atoms with Gasteiger partial charge in [-0.1, -0.05) is 48.8 Å². The molecule has 0 heterocycles. The van der Waals surface area contributed by atoms with Gasteiger partial charge in [-0.05, 0) is 50.3 Å². The Labute approximate surface area is 120 Å². The van der Waals surface area contributed by atoms with Crippen molar-refractivity contribution < 1.29 is 0 Å². The molecule has 2 nitrogen and oxygen atoms in total. The van der Waals surface area contributed by atoms with Crippen LogP contribution in [0.4, 0.5) is 0 Å². The van der Waals surface area contributed by atoms with Crippen molar-refractivity contribution in [1.82, 2.24) is 10.2 Å². The summed E-state index contributed by atoms with van der Waals surface area (Å²) in [6, 6.07) is 9.12. The summed E-state index contributed by atoms with van der Waals surface area (Å²) in [7, 11) is 0. The SMILES string of the molecule is CCNC(CCN(CC)CC)c1ccc(Br)cc1. The molecule has 1 N–H and O–H groups in total. The summed E-state index contributed by atoms with van der Waals surface area (Å²) in [6.07, 6.45) is 1.16. The van der Waals surface area contributed by atoms with E-state index in [-0.39, 0.29) is 0 Å². The molecule has 0 aromatic heterocycles. The highest BCUT2D eigenvalue weighted by molar-refractivity contribution is 9.10. The van der Waals surface area contributed by atoms with E-state index in [0.717, 1.165) is 37.1 Å². The van der Waals surface area contributed by atoms with Gasteiger partial charge < -0.3 is 10.2 Å². The van der Waals surface area contributed by atoms with E-state index >= 15 is 0 Å². The minimum Gasteiger partial charge on any atom is -0.310 e. The first kappa shape index (κ1) is 15.7. The molecule has 18 heavy (non-hydrogen) atoms. The first-order chi connectivity index (χ1) is 8.71. The molecule has 3 heteroatoms. The Kier molecular flexibility index (Phi) is 7.56. The van der Waals surface area contributed by atoms with Gasteiger partial charge >= 0.3 is 0 Å². The predicted octanol–water partition coefficient (Wildman–Crippen LogP) is 3.83. The van der Waals surface area contributed by atoms with E-state index < -0.39 is 0 Å². The molecule has 0 aliphatic rings. The quantitative estimate of drug-likeness (QED) is 0.784. The van der Waals surface area contributed by atoms with Gasteiger partial charge in [0.2, 0.25) is 0 Å². The number of nitrogens with one attached hydrogen (secondary N) is 1. The van der Waals surface area contributed by atoms with Crippen molar-refractivity contribution in [3.05, 3.63) is 34.3 Å². The van der Waals surface area contributed by atoms with E-state index in [4.69, 9.17) is 0 Å². The standard InChI is InChI=1S/C15H25BrN2/c1-4-17-15(11-12-18(5-2)6-3)13-7-9-14(16)10-8-13/h7-10,15,17H,4-6,11-12H2,1-3H3. The molecule has 0 amide bonds. The predicted molar refractivity (Wildman–Crippen MR) is 83.0 cm³/mol. The highest BCUT2D eigenvalue weighted by atomic mass is 79.9. The minimum atomic E-state index is 0.462. The number of halogens is 1.